The second kappa shape index (κ2) is 7.66. The molecule has 1 fully saturated rings. The summed E-state index contributed by atoms with van der Waals surface area (Å²) in [5.41, 5.74) is 1.27. The highest BCUT2D eigenvalue weighted by Crippen LogP contribution is 2.41. The summed E-state index contributed by atoms with van der Waals surface area (Å²) in [6.07, 6.45) is 0. The van der Waals surface area contributed by atoms with Crippen LogP contribution in [0.15, 0.2) is 30.3 Å². The third kappa shape index (κ3) is 3.82. The Balaban J connectivity index is 1.93. The molecule has 2 aromatic carbocycles. The number of halogens is 2. The van der Waals surface area contributed by atoms with Gasteiger partial charge >= 0.3 is 6.03 Å². The number of hydrogen-bond donors (Lipinski definition) is 1. The Morgan fingerprint density at radius 1 is 1.11 bits per heavy atom. The van der Waals surface area contributed by atoms with Crippen LogP contribution in [0, 0.1) is 0 Å². The van der Waals surface area contributed by atoms with Gasteiger partial charge in [0.2, 0.25) is 0 Å². The van der Waals surface area contributed by atoms with Crippen molar-refractivity contribution in [1.29, 1.82) is 0 Å². The lowest BCUT2D eigenvalue weighted by Crippen LogP contribution is -2.30. The topological polar surface area (TPSA) is 67.9 Å². The predicted octanol–water partition coefficient (Wildman–Crippen LogP) is 4.97. The van der Waals surface area contributed by atoms with Crippen molar-refractivity contribution in [2.75, 3.05) is 18.6 Å². The number of nitrogens with one attached hydrogen (secondary N) is 1. The quantitative estimate of drug-likeness (QED) is 0.708. The van der Waals surface area contributed by atoms with E-state index >= 15 is 0 Å². The van der Waals surface area contributed by atoms with Gasteiger partial charge in [-0.1, -0.05) is 37.0 Å². The highest BCUT2D eigenvalue weighted by molar-refractivity contribution is 6.38. The van der Waals surface area contributed by atoms with Gasteiger partial charge in [-0.15, -0.1) is 0 Å². The number of carbonyl (C=O) groups excluding carboxylic acids is 2. The van der Waals surface area contributed by atoms with Crippen LogP contribution in [-0.4, -0.2) is 25.6 Å². The van der Waals surface area contributed by atoms with Crippen LogP contribution in [0.3, 0.4) is 0 Å². The first-order valence-corrected chi connectivity index (χ1v) is 9.03. The number of anilines is 1. The molecule has 0 unspecified atom stereocenters. The number of hydrogen-bond acceptors (Lipinski definition) is 4. The molecule has 1 N–H and O–H groups in total. The number of amides is 3. The minimum Gasteiger partial charge on any atom is -0.496 e. The number of methoxy groups -OCH3 is 1. The number of urea groups is 1. The Morgan fingerprint density at radius 3 is 2.30 bits per heavy atom. The number of rotatable bonds is 5. The summed E-state index contributed by atoms with van der Waals surface area (Å²) in [5, 5.41) is 2.82. The molecule has 1 aliphatic heterocycles. The van der Waals surface area contributed by atoms with Crippen LogP contribution in [0.25, 0.3) is 0 Å². The molecule has 1 saturated heterocycles. The molecule has 0 atom stereocenters. The summed E-state index contributed by atoms with van der Waals surface area (Å²) in [4.78, 5) is 24.7. The monoisotopic (exact) mass is 408 g/mol. The molecule has 1 aliphatic rings. The van der Waals surface area contributed by atoms with E-state index in [1.165, 1.54) is 12.1 Å². The van der Waals surface area contributed by atoms with Crippen LogP contribution in [0.2, 0.25) is 10.0 Å². The molecule has 1 heterocycles. The molecule has 142 valence electrons. The summed E-state index contributed by atoms with van der Waals surface area (Å²) in [5.74, 6) is 1.41. The van der Waals surface area contributed by atoms with Crippen LogP contribution in [0.4, 0.5) is 10.5 Å². The average Bonchev–Trinajstić information content (AvgIpc) is 2.96. The Kier molecular flexibility index (Phi) is 5.48. The second-order valence-electron chi connectivity index (χ2n) is 6.29. The molecule has 2 aromatic rings. The zero-order chi connectivity index (χ0) is 19.7. The maximum atomic E-state index is 11.9. The summed E-state index contributed by atoms with van der Waals surface area (Å²) in [6.45, 7) is 4.04. The first-order valence-electron chi connectivity index (χ1n) is 8.27. The van der Waals surface area contributed by atoms with Crippen molar-refractivity contribution in [3.05, 3.63) is 45.9 Å². The Morgan fingerprint density at radius 2 is 1.78 bits per heavy atom. The molecule has 0 aliphatic carbocycles. The Hall–Kier alpha value is -2.44. The summed E-state index contributed by atoms with van der Waals surface area (Å²) >= 11 is 12.6. The SMILES string of the molecule is COc1ccc(Oc2c(Cl)cc(N3C(=O)CNC3=O)cc2Cl)cc1C(C)C. The summed E-state index contributed by atoms with van der Waals surface area (Å²) in [7, 11) is 1.62. The lowest BCUT2D eigenvalue weighted by molar-refractivity contribution is -0.115. The molecule has 0 spiro atoms. The summed E-state index contributed by atoms with van der Waals surface area (Å²) in [6, 6.07) is 7.85. The normalized spacial score (nSPS) is 13.9. The van der Waals surface area contributed by atoms with E-state index in [-0.39, 0.29) is 39.9 Å². The fourth-order valence-corrected chi connectivity index (χ4v) is 3.35. The fourth-order valence-electron chi connectivity index (χ4n) is 2.80. The van der Waals surface area contributed by atoms with Crippen molar-refractivity contribution in [1.82, 2.24) is 5.32 Å². The number of nitrogens with zero attached hydrogens (tertiary/aromatic N) is 1. The van der Waals surface area contributed by atoms with Crippen LogP contribution >= 0.6 is 23.2 Å². The largest absolute Gasteiger partial charge is 0.496 e. The minimum atomic E-state index is -0.516. The minimum absolute atomic E-state index is 0.0594. The fraction of sp³-hybridized carbons (Fsp3) is 0.263. The van der Waals surface area contributed by atoms with Crippen LogP contribution < -0.4 is 19.7 Å². The van der Waals surface area contributed by atoms with Crippen LogP contribution in [0.5, 0.6) is 17.2 Å². The van der Waals surface area contributed by atoms with Crippen LogP contribution in [0.1, 0.15) is 25.3 Å². The van der Waals surface area contributed by atoms with Gasteiger partial charge in [-0.25, -0.2) is 9.69 Å². The Bertz CT molecular complexity index is 876. The molecule has 27 heavy (non-hydrogen) atoms. The van der Waals surface area contributed by atoms with E-state index in [1.807, 2.05) is 12.1 Å². The van der Waals surface area contributed by atoms with Gasteiger partial charge in [-0.3, -0.25) is 4.79 Å². The number of ether oxygens (including phenoxy) is 2. The van der Waals surface area contributed by atoms with Crippen molar-refractivity contribution in [2.45, 2.75) is 19.8 Å². The van der Waals surface area contributed by atoms with E-state index in [4.69, 9.17) is 32.7 Å². The molecule has 0 radical (unpaired) electrons. The number of carbonyl (C=O) groups is 2. The van der Waals surface area contributed by atoms with Crippen LogP contribution in [-0.2, 0) is 4.79 Å². The Labute approximate surface area is 167 Å². The lowest BCUT2D eigenvalue weighted by atomic mass is 10.0. The molecule has 0 aromatic heterocycles. The van der Waals surface area contributed by atoms with E-state index in [1.54, 1.807) is 13.2 Å². The van der Waals surface area contributed by atoms with Crippen molar-refractivity contribution in [3.8, 4) is 17.2 Å². The zero-order valence-electron chi connectivity index (χ0n) is 15.0. The smallest absolute Gasteiger partial charge is 0.329 e. The molecule has 3 amide bonds. The van der Waals surface area contributed by atoms with E-state index in [0.717, 1.165) is 16.2 Å². The van der Waals surface area contributed by atoms with Crippen molar-refractivity contribution >= 4 is 40.8 Å². The molecule has 8 heteroatoms. The van der Waals surface area contributed by atoms with Crippen molar-refractivity contribution in [2.24, 2.45) is 0 Å². The van der Waals surface area contributed by atoms with Gasteiger partial charge in [0.25, 0.3) is 5.91 Å². The number of imide groups is 1. The van der Waals surface area contributed by atoms with Gasteiger partial charge in [0.15, 0.2) is 5.75 Å². The molecular weight excluding hydrogens is 391 g/mol. The average molecular weight is 409 g/mol. The summed E-state index contributed by atoms with van der Waals surface area (Å²) < 4.78 is 11.2. The van der Waals surface area contributed by atoms with E-state index in [9.17, 15) is 9.59 Å². The lowest BCUT2D eigenvalue weighted by Gasteiger charge is -2.17. The van der Waals surface area contributed by atoms with Gasteiger partial charge in [0.1, 0.15) is 11.5 Å². The van der Waals surface area contributed by atoms with Gasteiger partial charge in [-0.2, -0.15) is 0 Å². The zero-order valence-corrected chi connectivity index (χ0v) is 16.5. The maximum Gasteiger partial charge on any atom is 0.329 e. The van der Waals surface area contributed by atoms with Crippen molar-refractivity contribution < 1.29 is 19.1 Å². The first-order chi connectivity index (χ1) is 12.8. The van der Waals surface area contributed by atoms with Crippen molar-refractivity contribution in [3.63, 3.8) is 0 Å². The highest BCUT2D eigenvalue weighted by atomic mass is 35.5. The molecule has 6 nitrogen and oxygen atoms in total. The standard InChI is InChI=1S/C19H18Cl2N2O4/c1-10(2)13-8-12(4-5-16(13)26-3)27-18-14(20)6-11(7-15(18)21)23-17(24)9-22-19(23)25/h4-8,10H,9H2,1-3H3,(H,22,25). The van der Waals surface area contributed by atoms with Gasteiger partial charge in [0.05, 0.1) is 29.4 Å². The van der Waals surface area contributed by atoms with Gasteiger partial charge < -0.3 is 14.8 Å². The van der Waals surface area contributed by atoms with E-state index < -0.39 is 6.03 Å². The maximum absolute atomic E-state index is 11.9. The molecule has 3 rings (SSSR count). The van der Waals surface area contributed by atoms with E-state index in [0.29, 0.717) is 5.75 Å². The van der Waals surface area contributed by atoms with E-state index in [2.05, 4.69) is 19.2 Å². The first kappa shape index (κ1) is 19.3. The van der Waals surface area contributed by atoms with Gasteiger partial charge in [-0.05, 0) is 36.2 Å². The predicted molar refractivity (Wildman–Crippen MR) is 105 cm³/mol. The highest BCUT2D eigenvalue weighted by Gasteiger charge is 2.31. The number of benzene rings is 2. The molecule has 0 bridgehead atoms. The molecule has 0 saturated carbocycles. The third-order valence-corrected chi connectivity index (χ3v) is 4.69. The van der Waals surface area contributed by atoms with Gasteiger partial charge in [0, 0.05) is 5.56 Å². The second-order valence-corrected chi connectivity index (χ2v) is 7.10. The third-order valence-electron chi connectivity index (χ3n) is 4.13. The molecular formula is C19H18Cl2N2O4.